The summed E-state index contributed by atoms with van der Waals surface area (Å²) in [6.07, 6.45) is 0.288. The third kappa shape index (κ3) is 5.74. The second kappa shape index (κ2) is 13.2. The largest absolute Gasteiger partial charge is 0.378 e. The number of fused-ring (bicyclic) bond motifs is 6. The normalized spacial score (nSPS) is 45.0. The quantitative estimate of drug-likeness (QED) is 0.318. The summed E-state index contributed by atoms with van der Waals surface area (Å²) in [6.45, 7) is 6.68. The molecule has 6 saturated heterocycles. The van der Waals surface area contributed by atoms with E-state index >= 15 is 8.78 Å². The first-order valence-corrected chi connectivity index (χ1v) is 17.6. The summed E-state index contributed by atoms with van der Waals surface area (Å²) < 4.78 is 64.1. The summed E-state index contributed by atoms with van der Waals surface area (Å²) >= 11 is 0. The van der Waals surface area contributed by atoms with Gasteiger partial charge in [0, 0.05) is 55.7 Å². The lowest BCUT2D eigenvalue weighted by Crippen LogP contribution is -2.80. The highest BCUT2D eigenvalue weighted by molar-refractivity contribution is 5.88. The Hall–Kier alpha value is -1.96. The smallest absolute Gasteiger partial charge is 0.320 e. The second-order valence-corrected chi connectivity index (χ2v) is 15.0. The number of ether oxygens (including phenoxy) is 1. The number of carbonyl (C=O) groups excluding carboxylic acids is 2. The molecule has 0 aromatic heterocycles. The summed E-state index contributed by atoms with van der Waals surface area (Å²) in [5.41, 5.74) is 0. The number of amides is 3. The fourth-order valence-corrected chi connectivity index (χ4v) is 10.2. The molecule has 13 heteroatoms. The molecule has 6 heterocycles. The van der Waals surface area contributed by atoms with Crippen molar-refractivity contribution in [2.24, 2.45) is 23.7 Å². The molecular weight excluding hydrogens is 604 g/mol. The number of likely N-dealkylation sites (tertiary alicyclic amines) is 2. The molecule has 3 amide bonds. The number of rotatable bonds is 4. The molecule has 7 aliphatic rings. The van der Waals surface area contributed by atoms with Crippen LogP contribution in [0.3, 0.4) is 0 Å². The summed E-state index contributed by atoms with van der Waals surface area (Å²) in [4.78, 5) is 32.8. The third-order valence-corrected chi connectivity index (χ3v) is 12.3. The Balaban J connectivity index is 1.21. The minimum absolute atomic E-state index is 0.0499. The molecule has 2 bridgehead atoms. The van der Waals surface area contributed by atoms with E-state index in [0.29, 0.717) is 45.0 Å². The van der Waals surface area contributed by atoms with Gasteiger partial charge in [0.15, 0.2) is 0 Å². The van der Waals surface area contributed by atoms with Gasteiger partial charge in [0.25, 0.3) is 6.43 Å². The zero-order valence-electron chi connectivity index (χ0n) is 26.9. The standard InChI is InChI=1S/C33H50F4N6O3/c1-17(2)28-30-18(10-12-38-28)5-4-14-46-24-7-3-6-20(34)27(24)29-21(35)15-19-31(40-33(45)43(30)32(19)39-29)41-13-11-22-23(41)16-42(22)26(44)9-8-25(36)37/h8-9,17-25,27-32,38-39H,3-7,10-16H2,1-2H3,(H,40,45)/b9-8+. The van der Waals surface area contributed by atoms with Gasteiger partial charge >= 0.3 is 6.03 Å². The molecule has 0 aromatic carbocycles. The van der Waals surface area contributed by atoms with Crippen LogP contribution in [0, 0.1) is 23.7 Å². The van der Waals surface area contributed by atoms with Crippen molar-refractivity contribution in [1.82, 2.24) is 30.7 Å². The molecule has 7 fully saturated rings. The van der Waals surface area contributed by atoms with E-state index in [0.717, 1.165) is 38.3 Å². The van der Waals surface area contributed by atoms with Gasteiger partial charge in [-0.1, -0.05) is 13.8 Å². The Kier molecular flexibility index (Phi) is 9.32. The van der Waals surface area contributed by atoms with E-state index in [4.69, 9.17) is 4.74 Å². The number of urea groups is 1. The zero-order chi connectivity index (χ0) is 32.3. The van der Waals surface area contributed by atoms with Crippen LogP contribution < -0.4 is 16.0 Å². The van der Waals surface area contributed by atoms with Crippen LogP contribution in [-0.4, -0.2) is 120 Å². The molecule has 9 nitrogen and oxygen atoms in total. The highest BCUT2D eigenvalue weighted by atomic mass is 19.3. The highest BCUT2D eigenvalue weighted by Crippen LogP contribution is 2.45. The van der Waals surface area contributed by atoms with Gasteiger partial charge in [-0.3, -0.25) is 15.0 Å². The molecule has 1 saturated carbocycles. The van der Waals surface area contributed by atoms with Crippen molar-refractivity contribution in [1.29, 1.82) is 0 Å². The van der Waals surface area contributed by atoms with Crippen molar-refractivity contribution in [2.45, 2.75) is 133 Å². The van der Waals surface area contributed by atoms with Crippen LogP contribution in [0.25, 0.3) is 0 Å². The van der Waals surface area contributed by atoms with Gasteiger partial charge in [-0.05, 0) is 75.8 Å². The predicted molar refractivity (Wildman–Crippen MR) is 163 cm³/mol. The van der Waals surface area contributed by atoms with Gasteiger partial charge in [-0.2, -0.15) is 0 Å². The first kappa shape index (κ1) is 32.6. The Morgan fingerprint density at radius 3 is 2.63 bits per heavy atom. The van der Waals surface area contributed by atoms with Crippen LogP contribution in [0.2, 0.25) is 0 Å². The molecule has 7 rings (SSSR count). The molecule has 13 unspecified atom stereocenters. The Morgan fingerprint density at radius 1 is 1.02 bits per heavy atom. The van der Waals surface area contributed by atoms with Crippen LogP contribution in [-0.2, 0) is 9.53 Å². The van der Waals surface area contributed by atoms with Gasteiger partial charge in [0.05, 0.1) is 30.5 Å². The number of carbonyl (C=O) groups is 2. The van der Waals surface area contributed by atoms with E-state index in [1.165, 1.54) is 0 Å². The monoisotopic (exact) mass is 654 g/mol. The zero-order valence-corrected chi connectivity index (χ0v) is 26.9. The topological polar surface area (TPSA) is 89.2 Å². The number of alkyl halides is 4. The molecule has 13 atom stereocenters. The Bertz CT molecular complexity index is 1160. The lowest BCUT2D eigenvalue weighted by Gasteiger charge is -2.60. The lowest BCUT2D eigenvalue weighted by molar-refractivity contribution is -0.141. The number of nitrogens with zero attached hydrogens (tertiary/aromatic N) is 3. The summed E-state index contributed by atoms with van der Waals surface area (Å²) in [7, 11) is 0. The average molecular weight is 655 g/mol. The minimum atomic E-state index is -2.69. The molecule has 258 valence electrons. The van der Waals surface area contributed by atoms with E-state index in [1.54, 1.807) is 4.90 Å². The lowest BCUT2D eigenvalue weighted by atomic mass is 9.72. The van der Waals surface area contributed by atoms with Crippen LogP contribution in [0.1, 0.15) is 65.2 Å². The number of hydrogen-bond acceptors (Lipinski definition) is 6. The van der Waals surface area contributed by atoms with Gasteiger partial charge in [0.2, 0.25) is 5.91 Å². The molecule has 1 aliphatic carbocycles. The number of nitrogens with one attached hydrogen (secondary N) is 3. The van der Waals surface area contributed by atoms with Crippen LogP contribution >= 0.6 is 0 Å². The second-order valence-electron chi connectivity index (χ2n) is 15.0. The van der Waals surface area contributed by atoms with E-state index in [-0.39, 0.29) is 60.5 Å². The van der Waals surface area contributed by atoms with Gasteiger partial charge < -0.3 is 25.2 Å². The fraction of sp³-hybridized carbons (Fsp3) is 0.879. The number of allylic oxidation sites excluding steroid dienone is 1. The maximum Gasteiger partial charge on any atom is 0.320 e. The van der Waals surface area contributed by atoms with Crippen molar-refractivity contribution in [3.63, 3.8) is 0 Å². The van der Waals surface area contributed by atoms with Crippen LogP contribution in [0.15, 0.2) is 12.2 Å². The summed E-state index contributed by atoms with van der Waals surface area (Å²) in [5.74, 6) is -0.884. The van der Waals surface area contributed by atoms with Crippen molar-refractivity contribution < 1.29 is 31.9 Å². The first-order chi connectivity index (χ1) is 22.1. The fourth-order valence-electron chi connectivity index (χ4n) is 10.2. The molecule has 46 heavy (non-hydrogen) atoms. The van der Waals surface area contributed by atoms with E-state index < -0.39 is 49.0 Å². The molecular formula is C33H50F4N6O3. The van der Waals surface area contributed by atoms with E-state index in [2.05, 4.69) is 34.7 Å². The van der Waals surface area contributed by atoms with E-state index in [1.807, 2.05) is 4.90 Å². The molecule has 0 spiro atoms. The van der Waals surface area contributed by atoms with Crippen molar-refractivity contribution in [3.05, 3.63) is 12.2 Å². The maximum atomic E-state index is 16.5. The van der Waals surface area contributed by atoms with E-state index in [9.17, 15) is 18.4 Å². The highest BCUT2D eigenvalue weighted by Gasteiger charge is 2.60. The maximum absolute atomic E-state index is 16.5. The first-order valence-electron chi connectivity index (χ1n) is 17.6. The Morgan fingerprint density at radius 2 is 1.85 bits per heavy atom. The van der Waals surface area contributed by atoms with Crippen molar-refractivity contribution in [3.8, 4) is 0 Å². The SMILES string of the molecule is CC(C)C1NCCC2CCCOC3CCCC(F)C3C3NC4C(CC3F)C(N3CCC5C3CN5C(=O)/C=C/C(F)F)NC(=O)N4C21. The Labute approximate surface area is 269 Å². The van der Waals surface area contributed by atoms with Gasteiger partial charge in [-0.25, -0.2) is 22.4 Å². The summed E-state index contributed by atoms with van der Waals surface area (Å²) in [6, 6.07) is -1.24. The summed E-state index contributed by atoms with van der Waals surface area (Å²) in [5, 5.41) is 10.6. The van der Waals surface area contributed by atoms with Crippen LogP contribution in [0.4, 0.5) is 22.4 Å². The third-order valence-electron chi connectivity index (χ3n) is 12.3. The average Bonchev–Trinajstić information content (AvgIpc) is 3.32. The number of hydrogen-bond donors (Lipinski definition) is 3. The number of halogens is 4. The molecule has 3 N–H and O–H groups in total. The van der Waals surface area contributed by atoms with Crippen molar-refractivity contribution >= 4 is 11.9 Å². The molecule has 6 aliphatic heterocycles. The van der Waals surface area contributed by atoms with Gasteiger partial charge in [-0.15, -0.1) is 0 Å². The van der Waals surface area contributed by atoms with Crippen LogP contribution in [0.5, 0.6) is 0 Å². The predicted octanol–water partition coefficient (Wildman–Crippen LogP) is 3.41. The number of piperidine rings is 2. The molecule has 0 aromatic rings. The van der Waals surface area contributed by atoms with Crippen molar-refractivity contribution in [2.75, 3.05) is 26.2 Å². The molecule has 0 radical (unpaired) electrons. The minimum Gasteiger partial charge on any atom is -0.378 e. The van der Waals surface area contributed by atoms with Gasteiger partial charge in [0.1, 0.15) is 12.3 Å².